The van der Waals surface area contributed by atoms with Crippen molar-refractivity contribution >= 4 is 11.5 Å². The zero-order valence-electron chi connectivity index (χ0n) is 16.1. The zero-order chi connectivity index (χ0) is 20.4. The van der Waals surface area contributed by atoms with Crippen LogP contribution in [0.4, 0.5) is 20.3 Å². The molecule has 0 fully saturated rings. The van der Waals surface area contributed by atoms with Crippen molar-refractivity contribution in [3.8, 4) is 5.88 Å². The Balaban J connectivity index is 1.43. The molecule has 0 aromatic carbocycles. The summed E-state index contributed by atoms with van der Waals surface area (Å²) < 4.78 is 33.1. The van der Waals surface area contributed by atoms with E-state index in [-0.39, 0.29) is 12.4 Å². The second kappa shape index (κ2) is 7.94. The first-order valence-corrected chi connectivity index (χ1v) is 9.18. The Morgan fingerprint density at radius 1 is 1.21 bits per heavy atom. The summed E-state index contributed by atoms with van der Waals surface area (Å²) in [6, 6.07) is 4.73. The molecule has 4 heterocycles. The number of pyridine rings is 2. The average Bonchev–Trinajstić information content (AvgIpc) is 3.12. The number of halogens is 2. The number of anilines is 2. The largest absolute Gasteiger partial charge is 0.479 e. The van der Waals surface area contributed by atoms with E-state index < -0.39 is 11.8 Å². The van der Waals surface area contributed by atoms with Gasteiger partial charge in [0.25, 0.3) is 0 Å². The molecular weight excluding hydrogens is 378 g/mol. The third-order valence-electron chi connectivity index (χ3n) is 4.83. The molecule has 0 atom stereocenters. The van der Waals surface area contributed by atoms with Gasteiger partial charge >= 0.3 is 0 Å². The maximum Gasteiger partial charge on any atom is 0.250 e. The number of hydrogen-bond donors (Lipinski definition) is 1. The quantitative estimate of drug-likeness (QED) is 0.640. The van der Waals surface area contributed by atoms with Gasteiger partial charge in [0, 0.05) is 37.8 Å². The predicted octanol–water partition coefficient (Wildman–Crippen LogP) is 3.04. The van der Waals surface area contributed by atoms with Gasteiger partial charge in [-0.25, -0.2) is 24.3 Å². The van der Waals surface area contributed by atoms with Gasteiger partial charge in [0.05, 0.1) is 24.2 Å². The number of aromatic nitrogens is 4. The summed E-state index contributed by atoms with van der Waals surface area (Å²) in [4.78, 5) is 18.5. The van der Waals surface area contributed by atoms with E-state index in [4.69, 9.17) is 4.74 Å². The lowest BCUT2D eigenvalue weighted by Gasteiger charge is -2.20. The fourth-order valence-corrected chi connectivity index (χ4v) is 3.41. The fourth-order valence-electron chi connectivity index (χ4n) is 3.41. The molecule has 0 spiro atoms. The van der Waals surface area contributed by atoms with E-state index in [0.717, 1.165) is 30.0 Å². The number of ether oxygens (including phenoxy) is 1. The van der Waals surface area contributed by atoms with Crippen LogP contribution in [-0.4, -0.2) is 33.6 Å². The van der Waals surface area contributed by atoms with Crippen LogP contribution in [0.3, 0.4) is 0 Å². The second-order valence-electron chi connectivity index (χ2n) is 6.76. The lowest BCUT2D eigenvalue weighted by atomic mass is 10.2. The van der Waals surface area contributed by atoms with E-state index in [9.17, 15) is 8.78 Å². The van der Waals surface area contributed by atoms with E-state index in [1.54, 1.807) is 18.5 Å². The first-order chi connectivity index (χ1) is 14.0. The summed E-state index contributed by atoms with van der Waals surface area (Å²) in [6.07, 6.45) is 3.87. The topological polar surface area (TPSA) is 76.1 Å². The smallest absolute Gasteiger partial charge is 0.250 e. The van der Waals surface area contributed by atoms with Crippen molar-refractivity contribution in [3.05, 3.63) is 65.0 Å². The maximum atomic E-state index is 14.6. The number of fused-ring (bicyclic) bond motifs is 1. The monoisotopic (exact) mass is 398 g/mol. The number of hydrogen-bond acceptors (Lipinski definition) is 7. The molecule has 0 radical (unpaired) electrons. The van der Waals surface area contributed by atoms with Crippen molar-refractivity contribution in [1.29, 1.82) is 0 Å². The molecule has 0 bridgehead atoms. The number of methoxy groups -OCH3 is 1. The lowest BCUT2D eigenvalue weighted by molar-refractivity contribution is 0.368. The van der Waals surface area contributed by atoms with Crippen molar-refractivity contribution in [2.75, 3.05) is 23.9 Å². The predicted molar refractivity (Wildman–Crippen MR) is 104 cm³/mol. The number of nitrogens with one attached hydrogen (secondary N) is 1. The van der Waals surface area contributed by atoms with Gasteiger partial charge in [-0.15, -0.1) is 0 Å². The first-order valence-electron chi connectivity index (χ1n) is 9.18. The average molecular weight is 398 g/mol. The molecule has 7 nitrogen and oxygen atoms in total. The molecule has 0 saturated carbocycles. The van der Waals surface area contributed by atoms with Gasteiger partial charge in [-0.3, -0.25) is 0 Å². The Hall–Kier alpha value is -3.36. The standard InChI is InChI=1S/C20H20F2N6O/c1-12-18-16(26-11-25-12)5-6-28(18)10-14-3-4-17(27-19(14)22)23-8-13-7-15(21)20(29-2)24-9-13/h3-4,7,9,11H,5-6,8,10H2,1-2H3,(H,23,27). The molecule has 1 aliphatic rings. The Morgan fingerprint density at radius 3 is 2.83 bits per heavy atom. The van der Waals surface area contributed by atoms with Gasteiger partial charge in [-0.2, -0.15) is 4.39 Å². The highest BCUT2D eigenvalue weighted by atomic mass is 19.1. The van der Waals surface area contributed by atoms with E-state index in [2.05, 4.69) is 30.2 Å². The summed E-state index contributed by atoms with van der Waals surface area (Å²) in [6.45, 7) is 3.35. The molecule has 4 rings (SSSR count). The molecule has 0 saturated heterocycles. The molecule has 0 amide bonds. The molecule has 3 aromatic rings. The van der Waals surface area contributed by atoms with Crippen molar-refractivity contribution in [2.45, 2.75) is 26.4 Å². The first kappa shape index (κ1) is 19.0. The Kier molecular flexibility index (Phi) is 5.20. The van der Waals surface area contributed by atoms with Crippen LogP contribution in [0.5, 0.6) is 5.88 Å². The minimum atomic E-state index is -0.550. The third-order valence-corrected chi connectivity index (χ3v) is 4.83. The number of aryl methyl sites for hydroxylation is 1. The van der Waals surface area contributed by atoms with Crippen LogP contribution in [-0.2, 0) is 19.5 Å². The van der Waals surface area contributed by atoms with Crippen LogP contribution < -0.4 is 15.0 Å². The summed E-state index contributed by atoms with van der Waals surface area (Å²) in [5.41, 5.74) is 3.94. The molecule has 3 aromatic heterocycles. The zero-order valence-corrected chi connectivity index (χ0v) is 16.1. The van der Waals surface area contributed by atoms with Crippen LogP contribution in [0.15, 0.2) is 30.7 Å². The highest BCUT2D eigenvalue weighted by Crippen LogP contribution is 2.30. The van der Waals surface area contributed by atoms with E-state index in [0.29, 0.717) is 23.5 Å². The van der Waals surface area contributed by atoms with Crippen LogP contribution in [0, 0.1) is 18.7 Å². The second-order valence-corrected chi connectivity index (χ2v) is 6.76. The molecule has 29 heavy (non-hydrogen) atoms. The molecular formula is C20H20F2N6O. The van der Waals surface area contributed by atoms with E-state index >= 15 is 0 Å². The van der Waals surface area contributed by atoms with Crippen molar-refractivity contribution in [1.82, 2.24) is 19.9 Å². The SMILES string of the molecule is COc1ncc(CNc2ccc(CN3CCc4ncnc(C)c43)c(F)n2)cc1F. The van der Waals surface area contributed by atoms with Gasteiger partial charge in [0.2, 0.25) is 11.8 Å². The van der Waals surface area contributed by atoms with Crippen molar-refractivity contribution in [2.24, 2.45) is 0 Å². The van der Waals surface area contributed by atoms with Crippen LogP contribution in [0.25, 0.3) is 0 Å². The van der Waals surface area contributed by atoms with Gasteiger partial charge in [0.15, 0.2) is 5.82 Å². The molecule has 1 aliphatic heterocycles. The van der Waals surface area contributed by atoms with Gasteiger partial charge < -0.3 is 15.0 Å². The van der Waals surface area contributed by atoms with Crippen molar-refractivity contribution < 1.29 is 13.5 Å². The van der Waals surface area contributed by atoms with E-state index in [1.165, 1.54) is 19.4 Å². The molecule has 150 valence electrons. The molecule has 9 heteroatoms. The minimum Gasteiger partial charge on any atom is -0.479 e. The highest BCUT2D eigenvalue weighted by Gasteiger charge is 2.24. The summed E-state index contributed by atoms with van der Waals surface area (Å²) >= 11 is 0. The van der Waals surface area contributed by atoms with Crippen LogP contribution in [0.2, 0.25) is 0 Å². The van der Waals surface area contributed by atoms with E-state index in [1.807, 2.05) is 6.92 Å². The molecule has 0 aliphatic carbocycles. The van der Waals surface area contributed by atoms with Crippen LogP contribution >= 0.6 is 0 Å². The number of nitrogens with zero attached hydrogens (tertiary/aromatic N) is 5. The Labute approximate surface area is 166 Å². The third kappa shape index (κ3) is 3.94. The van der Waals surface area contributed by atoms with Gasteiger partial charge in [-0.05, 0) is 30.7 Å². The highest BCUT2D eigenvalue weighted by molar-refractivity contribution is 5.58. The lowest BCUT2D eigenvalue weighted by Crippen LogP contribution is -2.21. The minimum absolute atomic E-state index is 0.0635. The fraction of sp³-hybridized carbons (Fsp3) is 0.300. The maximum absolute atomic E-state index is 14.6. The van der Waals surface area contributed by atoms with Crippen molar-refractivity contribution in [3.63, 3.8) is 0 Å². The Morgan fingerprint density at radius 2 is 2.07 bits per heavy atom. The summed E-state index contributed by atoms with van der Waals surface area (Å²) in [7, 11) is 1.35. The summed E-state index contributed by atoms with van der Waals surface area (Å²) in [5, 5.41) is 2.98. The molecule has 1 N–H and O–H groups in total. The normalized spacial score (nSPS) is 12.8. The molecule has 0 unspecified atom stereocenters. The van der Waals surface area contributed by atoms with Gasteiger partial charge in [0.1, 0.15) is 12.1 Å². The Bertz CT molecular complexity index is 1050. The van der Waals surface area contributed by atoms with Gasteiger partial charge in [-0.1, -0.05) is 0 Å². The summed E-state index contributed by atoms with van der Waals surface area (Å²) in [5.74, 6) is -0.793. The van der Waals surface area contributed by atoms with Crippen LogP contribution in [0.1, 0.15) is 22.5 Å². The number of rotatable bonds is 6.